The van der Waals surface area contributed by atoms with Gasteiger partial charge in [0.05, 0.1) is 12.8 Å². The minimum atomic E-state index is 0.390. The Bertz CT molecular complexity index is 1140. The van der Waals surface area contributed by atoms with E-state index in [1.54, 1.807) is 18.0 Å². The normalized spacial score (nSPS) is 15.0. The number of hydrogen-bond acceptors (Lipinski definition) is 4. The molecule has 0 saturated carbocycles. The van der Waals surface area contributed by atoms with E-state index in [-0.39, 0.29) is 0 Å². The molecule has 0 aliphatic carbocycles. The van der Waals surface area contributed by atoms with Crippen LogP contribution in [0.15, 0.2) is 36.8 Å². The third kappa shape index (κ3) is 2.51. The molecule has 1 saturated heterocycles. The number of nitrogens with zero attached hydrogens (tertiary/aromatic N) is 3. The molecule has 1 fully saturated rings. The number of hydrogen-bond donors (Lipinski definition) is 2. The number of fused-ring (bicyclic) bond motifs is 2. The molecule has 1 aromatic carbocycles. The molecule has 3 aromatic heterocycles. The van der Waals surface area contributed by atoms with E-state index in [9.17, 15) is 0 Å². The number of aromatic nitrogens is 4. The van der Waals surface area contributed by atoms with Crippen LogP contribution in [0.2, 0.25) is 0 Å². The number of benzene rings is 1. The molecule has 0 radical (unpaired) electrons. The van der Waals surface area contributed by atoms with Crippen LogP contribution in [-0.4, -0.2) is 39.8 Å². The first kappa shape index (κ1) is 16.3. The molecule has 0 bridgehead atoms. The van der Waals surface area contributed by atoms with E-state index >= 15 is 0 Å². The molecule has 6 nitrogen and oxygen atoms in total. The molecule has 1 aliphatic heterocycles. The first-order valence-corrected chi connectivity index (χ1v) is 9.39. The SMILES string of the molecule is COc1cc(-c2[nH]c3ccc(C4CNC4)cc3c2C(C)C)cn2ncnc12. The van der Waals surface area contributed by atoms with Crippen molar-refractivity contribution in [2.75, 3.05) is 20.2 Å². The summed E-state index contributed by atoms with van der Waals surface area (Å²) in [5, 5.41) is 8.98. The minimum absolute atomic E-state index is 0.390. The van der Waals surface area contributed by atoms with Crippen LogP contribution in [-0.2, 0) is 0 Å². The summed E-state index contributed by atoms with van der Waals surface area (Å²) in [6.07, 6.45) is 3.56. The second kappa shape index (κ2) is 6.09. The van der Waals surface area contributed by atoms with Gasteiger partial charge < -0.3 is 15.0 Å². The highest BCUT2D eigenvalue weighted by Gasteiger charge is 2.22. The van der Waals surface area contributed by atoms with Crippen molar-refractivity contribution in [3.63, 3.8) is 0 Å². The smallest absolute Gasteiger partial charge is 0.197 e. The number of H-pyrrole nitrogens is 1. The molecule has 5 rings (SSSR count). The fourth-order valence-corrected chi connectivity index (χ4v) is 4.02. The maximum atomic E-state index is 5.55. The zero-order valence-corrected chi connectivity index (χ0v) is 15.8. The number of pyridine rings is 1. The minimum Gasteiger partial charge on any atom is -0.493 e. The van der Waals surface area contributed by atoms with Crippen LogP contribution in [0.3, 0.4) is 0 Å². The fraction of sp³-hybridized carbons (Fsp3) is 0.333. The Labute approximate surface area is 157 Å². The average molecular weight is 361 g/mol. The fourth-order valence-electron chi connectivity index (χ4n) is 4.02. The van der Waals surface area contributed by atoms with Gasteiger partial charge in [-0.2, -0.15) is 5.10 Å². The van der Waals surface area contributed by atoms with Crippen LogP contribution in [0, 0.1) is 0 Å². The molecule has 2 N–H and O–H groups in total. The molecule has 0 atom stereocenters. The van der Waals surface area contributed by atoms with Crippen LogP contribution in [0.1, 0.15) is 36.8 Å². The number of nitrogens with one attached hydrogen (secondary N) is 2. The van der Waals surface area contributed by atoms with Crippen LogP contribution >= 0.6 is 0 Å². The van der Waals surface area contributed by atoms with Crippen molar-refractivity contribution in [3.8, 4) is 17.0 Å². The van der Waals surface area contributed by atoms with Crippen molar-refractivity contribution in [1.82, 2.24) is 24.9 Å². The van der Waals surface area contributed by atoms with Gasteiger partial charge in [-0.15, -0.1) is 0 Å². The molecule has 1 aliphatic rings. The predicted molar refractivity (Wildman–Crippen MR) is 107 cm³/mol. The second-order valence-electron chi connectivity index (χ2n) is 7.55. The Kier molecular flexibility index (Phi) is 3.68. The summed E-state index contributed by atoms with van der Waals surface area (Å²) in [5.74, 6) is 1.74. The van der Waals surface area contributed by atoms with Crippen molar-refractivity contribution < 1.29 is 4.74 Å². The van der Waals surface area contributed by atoms with Gasteiger partial charge in [-0.25, -0.2) is 9.50 Å². The van der Waals surface area contributed by atoms with E-state index in [2.05, 4.69) is 52.4 Å². The topological polar surface area (TPSA) is 67.2 Å². The lowest BCUT2D eigenvalue weighted by atomic mass is 9.90. The first-order chi connectivity index (χ1) is 13.2. The average Bonchev–Trinajstić information content (AvgIpc) is 3.23. The Balaban J connectivity index is 1.73. The van der Waals surface area contributed by atoms with Crippen molar-refractivity contribution in [3.05, 3.63) is 47.9 Å². The third-order valence-electron chi connectivity index (χ3n) is 5.54. The maximum absolute atomic E-state index is 5.55. The summed E-state index contributed by atoms with van der Waals surface area (Å²) < 4.78 is 7.32. The monoisotopic (exact) mass is 361 g/mol. The summed E-state index contributed by atoms with van der Waals surface area (Å²) in [7, 11) is 1.67. The largest absolute Gasteiger partial charge is 0.493 e. The Morgan fingerprint density at radius 2 is 2.07 bits per heavy atom. The molecule has 0 amide bonds. The van der Waals surface area contributed by atoms with E-state index in [0.29, 0.717) is 11.8 Å². The zero-order chi connectivity index (χ0) is 18.5. The molecular weight excluding hydrogens is 338 g/mol. The third-order valence-corrected chi connectivity index (χ3v) is 5.54. The summed E-state index contributed by atoms with van der Waals surface area (Å²) >= 11 is 0. The highest BCUT2D eigenvalue weighted by molar-refractivity contribution is 5.92. The molecule has 27 heavy (non-hydrogen) atoms. The van der Waals surface area contributed by atoms with E-state index in [1.165, 1.54) is 22.0 Å². The van der Waals surface area contributed by atoms with Gasteiger partial charge in [-0.05, 0) is 35.2 Å². The van der Waals surface area contributed by atoms with Gasteiger partial charge >= 0.3 is 0 Å². The second-order valence-corrected chi connectivity index (χ2v) is 7.55. The summed E-state index contributed by atoms with van der Waals surface area (Å²) in [6, 6.07) is 8.86. The van der Waals surface area contributed by atoms with Crippen molar-refractivity contribution in [2.45, 2.75) is 25.7 Å². The highest BCUT2D eigenvalue weighted by atomic mass is 16.5. The highest BCUT2D eigenvalue weighted by Crippen LogP contribution is 2.38. The number of ether oxygens (including phenoxy) is 1. The van der Waals surface area contributed by atoms with Gasteiger partial charge in [0.1, 0.15) is 6.33 Å². The lowest BCUT2D eigenvalue weighted by molar-refractivity contribution is 0.416. The predicted octanol–water partition coefficient (Wildman–Crippen LogP) is 3.70. The van der Waals surface area contributed by atoms with Crippen LogP contribution in [0.4, 0.5) is 0 Å². The Morgan fingerprint density at radius 3 is 2.78 bits per heavy atom. The summed E-state index contributed by atoms with van der Waals surface area (Å²) in [5.41, 5.74) is 6.82. The Hall–Kier alpha value is -2.86. The van der Waals surface area contributed by atoms with Crippen molar-refractivity contribution in [1.29, 1.82) is 0 Å². The van der Waals surface area contributed by atoms with Gasteiger partial charge in [0, 0.05) is 41.7 Å². The quantitative estimate of drug-likeness (QED) is 0.582. The van der Waals surface area contributed by atoms with Gasteiger partial charge in [0.15, 0.2) is 11.4 Å². The van der Waals surface area contributed by atoms with Crippen LogP contribution in [0.25, 0.3) is 27.8 Å². The first-order valence-electron chi connectivity index (χ1n) is 9.39. The summed E-state index contributed by atoms with van der Waals surface area (Å²) in [4.78, 5) is 7.92. The van der Waals surface area contributed by atoms with Crippen LogP contribution < -0.4 is 10.1 Å². The van der Waals surface area contributed by atoms with Crippen LogP contribution in [0.5, 0.6) is 5.75 Å². The standard InChI is InChI=1S/C21H23N5O/c1-12(2)19-16-6-13(15-8-22-9-15)4-5-17(16)25-20(19)14-7-18(27-3)21-23-11-24-26(21)10-14/h4-7,10-12,15,22,25H,8-9H2,1-3H3. The van der Waals surface area contributed by atoms with E-state index in [0.717, 1.165) is 35.7 Å². The lowest BCUT2D eigenvalue weighted by Gasteiger charge is -2.27. The molecule has 138 valence electrons. The van der Waals surface area contributed by atoms with Gasteiger partial charge in [-0.1, -0.05) is 19.9 Å². The molecule has 6 heteroatoms. The van der Waals surface area contributed by atoms with Crippen molar-refractivity contribution in [2.24, 2.45) is 0 Å². The Morgan fingerprint density at radius 1 is 1.22 bits per heavy atom. The molecule has 0 unspecified atom stereocenters. The number of aromatic amines is 1. The van der Waals surface area contributed by atoms with E-state index in [4.69, 9.17) is 4.74 Å². The molecular formula is C21H23N5O. The zero-order valence-electron chi connectivity index (χ0n) is 15.8. The summed E-state index contributed by atoms with van der Waals surface area (Å²) in [6.45, 7) is 6.63. The van der Waals surface area contributed by atoms with E-state index < -0.39 is 0 Å². The van der Waals surface area contributed by atoms with Crippen molar-refractivity contribution >= 4 is 16.6 Å². The van der Waals surface area contributed by atoms with Gasteiger partial charge in [0.2, 0.25) is 0 Å². The lowest BCUT2D eigenvalue weighted by Crippen LogP contribution is -2.39. The molecule has 4 aromatic rings. The van der Waals surface area contributed by atoms with Gasteiger partial charge in [0.25, 0.3) is 0 Å². The maximum Gasteiger partial charge on any atom is 0.197 e. The number of rotatable bonds is 4. The molecule has 0 spiro atoms. The number of methoxy groups -OCH3 is 1. The van der Waals surface area contributed by atoms with Gasteiger partial charge in [-0.3, -0.25) is 0 Å². The van der Waals surface area contributed by atoms with E-state index in [1.807, 2.05) is 12.3 Å². The molecule has 4 heterocycles.